The second-order valence-electron chi connectivity index (χ2n) is 4.28. The SMILES string of the molecule is CCOc1ccc([N+](=O)[O-])c(N(CC)Cc2cnc(Br)s2)n1. The molecule has 22 heavy (non-hydrogen) atoms. The van der Waals surface area contributed by atoms with Crippen LogP contribution >= 0.6 is 27.3 Å². The maximum absolute atomic E-state index is 11.2. The Morgan fingerprint density at radius 2 is 2.23 bits per heavy atom. The Balaban J connectivity index is 2.36. The van der Waals surface area contributed by atoms with E-state index in [0.717, 1.165) is 8.79 Å². The Kier molecular flexibility index (Phi) is 5.67. The van der Waals surface area contributed by atoms with Gasteiger partial charge in [-0.1, -0.05) is 0 Å². The molecule has 0 radical (unpaired) electrons. The molecule has 2 aromatic rings. The number of pyridine rings is 1. The van der Waals surface area contributed by atoms with Crippen LogP contribution in [-0.4, -0.2) is 28.0 Å². The molecule has 9 heteroatoms. The van der Waals surface area contributed by atoms with Crippen LogP contribution in [-0.2, 0) is 6.54 Å². The summed E-state index contributed by atoms with van der Waals surface area (Å²) in [5.74, 6) is 0.690. The van der Waals surface area contributed by atoms with Gasteiger partial charge in [-0.25, -0.2) is 4.98 Å². The van der Waals surface area contributed by atoms with Crippen molar-refractivity contribution in [2.45, 2.75) is 20.4 Å². The summed E-state index contributed by atoms with van der Waals surface area (Å²) in [6, 6.07) is 2.95. The van der Waals surface area contributed by atoms with E-state index < -0.39 is 4.92 Å². The molecule has 0 fully saturated rings. The van der Waals surface area contributed by atoms with Gasteiger partial charge in [0.25, 0.3) is 0 Å². The lowest BCUT2D eigenvalue weighted by Gasteiger charge is -2.21. The van der Waals surface area contributed by atoms with Crippen LogP contribution in [0.1, 0.15) is 18.7 Å². The van der Waals surface area contributed by atoms with Crippen LogP contribution in [0.4, 0.5) is 11.5 Å². The lowest BCUT2D eigenvalue weighted by molar-refractivity contribution is -0.384. The second kappa shape index (κ2) is 7.50. The summed E-state index contributed by atoms with van der Waals surface area (Å²) in [5, 5.41) is 11.2. The summed E-state index contributed by atoms with van der Waals surface area (Å²) in [4.78, 5) is 22.1. The third-order valence-corrected chi connectivity index (χ3v) is 4.33. The van der Waals surface area contributed by atoms with Crippen LogP contribution in [0.2, 0.25) is 0 Å². The number of nitrogens with zero attached hydrogens (tertiary/aromatic N) is 4. The Hall–Kier alpha value is -1.74. The molecule has 0 aliphatic heterocycles. The molecule has 0 atom stereocenters. The molecule has 7 nitrogen and oxygen atoms in total. The molecule has 0 amide bonds. The lowest BCUT2D eigenvalue weighted by atomic mass is 10.3. The first-order valence-corrected chi connectivity index (χ1v) is 8.29. The molecular weight excluding hydrogens is 372 g/mol. The van der Waals surface area contributed by atoms with Gasteiger partial charge in [0.15, 0.2) is 3.92 Å². The molecule has 0 N–H and O–H groups in total. The van der Waals surface area contributed by atoms with E-state index in [1.54, 1.807) is 6.20 Å². The van der Waals surface area contributed by atoms with Crippen molar-refractivity contribution in [1.82, 2.24) is 9.97 Å². The van der Waals surface area contributed by atoms with E-state index in [2.05, 4.69) is 25.9 Å². The van der Waals surface area contributed by atoms with Gasteiger partial charge < -0.3 is 9.64 Å². The first kappa shape index (κ1) is 16.6. The molecule has 2 rings (SSSR count). The number of aromatic nitrogens is 2. The monoisotopic (exact) mass is 386 g/mol. The molecule has 118 valence electrons. The van der Waals surface area contributed by atoms with E-state index in [9.17, 15) is 10.1 Å². The van der Waals surface area contributed by atoms with Crippen LogP contribution in [0.5, 0.6) is 5.88 Å². The molecule has 0 aromatic carbocycles. The van der Waals surface area contributed by atoms with Gasteiger partial charge in [-0.2, -0.15) is 4.98 Å². The highest BCUT2D eigenvalue weighted by atomic mass is 79.9. The van der Waals surface area contributed by atoms with Gasteiger partial charge in [0.1, 0.15) is 0 Å². The fourth-order valence-electron chi connectivity index (χ4n) is 1.91. The third-order valence-electron chi connectivity index (χ3n) is 2.87. The zero-order valence-corrected chi connectivity index (χ0v) is 14.6. The van der Waals surface area contributed by atoms with Crippen LogP contribution < -0.4 is 9.64 Å². The first-order chi connectivity index (χ1) is 10.5. The average Bonchev–Trinajstić information content (AvgIpc) is 2.90. The number of ether oxygens (including phenoxy) is 1. The predicted molar refractivity (Wildman–Crippen MR) is 88.6 cm³/mol. The number of hydrogen-bond donors (Lipinski definition) is 0. The third kappa shape index (κ3) is 3.92. The summed E-state index contributed by atoms with van der Waals surface area (Å²) in [7, 11) is 0. The van der Waals surface area contributed by atoms with Crippen molar-refractivity contribution in [3.05, 3.63) is 37.2 Å². The van der Waals surface area contributed by atoms with E-state index in [1.165, 1.54) is 23.5 Å². The molecule has 2 aromatic heterocycles. The number of nitro groups is 1. The highest BCUT2D eigenvalue weighted by Crippen LogP contribution is 2.30. The van der Waals surface area contributed by atoms with E-state index >= 15 is 0 Å². The summed E-state index contributed by atoms with van der Waals surface area (Å²) in [6.07, 6.45) is 1.75. The van der Waals surface area contributed by atoms with Crippen molar-refractivity contribution >= 4 is 38.8 Å². The van der Waals surface area contributed by atoms with Crippen molar-refractivity contribution in [1.29, 1.82) is 0 Å². The Morgan fingerprint density at radius 1 is 1.45 bits per heavy atom. The minimum atomic E-state index is -0.427. The molecule has 0 aliphatic rings. The zero-order chi connectivity index (χ0) is 16.1. The first-order valence-electron chi connectivity index (χ1n) is 6.68. The topological polar surface area (TPSA) is 81.4 Å². The van der Waals surface area contributed by atoms with Crippen molar-refractivity contribution in [2.75, 3.05) is 18.1 Å². The number of thiazole rings is 1. The molecule has 0 unspecified atom stereocenters. The summed E-state index contributed by atoms with van der Waals surface area (Å²) in [5.41, 5.74) is -0.0334. The molecule has 0 saturated heterocycles. The summed E-state index contributed by atoms with van der Waals surface area (Å²) < 4.78 is 6.13. The quantitative estimate of drug-likeness (QED) is 0.533. The standard InChI is InChI=1S/C13H15BrN4O3S/c1-3-17(8-9-7-15-13(14)22-9)12-10(18(19)20)5-6-11(16-12)21-4-2/h5-7H,3-4,8H2,1-2H3. The Morgan fingerprint density at radius 3 is 2.77 bits per heavy atom. The van der Waals surface area contributed by atoms with E-state index in [-0.39, 0.29) is 5.69 Å². The fourth-order valence-corrected chi connectivity index (χ4v) is 3.28. The molecule has 0 saturated carbocycles. The smallest absolute Gasteiger partial charge is 0.311 e. The van der Waals surface area contributed by atoms with Gasteiger partial charge >= 0.3 is 5.69 Å². The fraction of sp³-hybridized carbons (Fsp3) is 0.385. The number of rotatable bonds is 7. The van der Waals surface area contributed by atoms with Crippen molar-refractivity contribution in [3.8, 4) is 5.88 Å². The van der Waals surface area contributed by atoms with Crippen molar-refractivity contribution in [3.63, 3.8) is 0 Å². The van der Waals surface area contributed by atoms with Gasteiger partial charge in [-0.3, -0.25) is 10.1 Å². The highest BCUT2D eigenvalue weighted by Gasteiger charge is 2.22. The molecule has 2 heterocycles. The lowest BCUT2D eigenvalue weighted by Crippen LogP contribution is -2.23. The van der Waals surface area contributed by atoms with E-state index in [1.807, 2.05) is 18.7 Å². The highest BCUT2D eigenvalue weighted by molar-refractivity contribution is 9.11. The van der Waals surface area contributed by atoms with Crippen LogP contribution in [0.25, 0.3) is 0 Å². The average molecular weight is 387 g/mol. The van der Waals surface area contributed by atoms with Crippen molar-refractivity contribution < 1.29 is 9.66 Å². The summed E-state index contributed by atoms with van der Waals surface area (Å²) >= 11 is 4.80. The normalized spacial score (nSPS) is 10.5. The van der Waals surface area contributed by atoms with Gasteiger partial charge in [0.2, 0.25) is 11.7 Å². The van der Waals surface area contributed by atoms with Gasteiger partial charge in [-0.15, -0.1) is 11.3 Å². The molecule has 0 spiro atoms. The van der Waals surface area contributed by atoms with Gasteiger partial charge in [0, 0.05) is 29.8 Å². The van der Waals surface area contributed by atoms with Gasteiger partial charge in [-0.05, 0) is 29.8 Å². The summed E-state index contributed by atoms with van der Waals surface area (Å²) in [6.45, 7) is 5.31. The van der Waals surface area contributed by atoms with Crippen LogP contribution in [0, 0.1) is 10.1 Å². The number of anilines is 1. The maximum atomic E-state index is 11.2. The zero-order valence-electron chi connectivity index (χ0n) is 12.2. The largest absolute Gasteiger partial charge is 0.478 e. The van der Waals surface area contributed by atoms with E-state index in [4.69, 9.17) is 4.74 Å². The van der Waals surface area contributed by atoms with Crippen LogP contribution in [0.3, 0.4) is 0 Å². The number of halogens is 1. The van der Waals surface area contributed by atoms with Crippen LogP contribution in [0.15, 0.2) is 22.2 Å². The Bertz CT molecular complexity index is 664. The van der Waals surface area contributed by atoms with Crippen molar-refractivity contribution in [2.24, 2.45) is 0 Å². The van der Waals surface area contributed by atoms with Gasteiger partial charge in [0.05, 0.1) is 18.1 Å². The number of hydrogen-bond acceptors (Lipinski definition) is 7. The molecular formula is C13H15BrN4O3S. The maximum Gasteiger partial charge on any atom is 0.311 e. The Labute approximate surface area is 140 Å². The molecule has 0 aliphatic carbocycles. The minimum Gasteiger partial charge on any atom is -0.478 e. The molecule has 0 bridgehead atoms. The predicted octanol–water partition coefficient (Wildman–Crippen LogP) is 3.63. The minimum absolute atomic E-state index is 0.0334. The second-order valence-corrected chi connectivity index (χ2v) is 6.67. The van der Waals surface area contributed by atoms with E-state index in [0.29, 0.717) is 31.4 Å².